The van der Waals surface area contributed by atoms with Gasteiger partial charge in [-0.25, -0.2) is 19.9 Å². The standard InChI is InChI=1S/C20H24N7/c1-3-7-17(21)20(10-4-2,26-13-24-18-15(26)8-5-11-22-18)27-14-25-19-16(27)9-6-12-23-19/h5-6,8-9,11-14,17H,2-4,7,10,21H2,1H3. The second kappa shape index (κ2) is 7.08. The third-order valence-electron chi connectivity index (χ3n) is 5.21. The first-order valence-corrected chi connectivity index (χ1v) is 9.34. The predicted octanol–water partition coefficient (Wildman–Crippen LogP) is 3.12. The quantitative estimate of drug-likeness (QED) is 0.546. The van der Waals surface area contributed by atoms with Gasteiger partial charge in [0.05, 0.1) is 23.7 Å². The summed E-state index contributed by atoms with van der Waals surface area (Å²) in [6.07, 6.45) is 10.5. The Morgan fingerprint density at radius 3 is 2.04 bits per heavy atom. The summed E-state index contributed by atoms with van der Waals surface area (Å²) in [6.45, 7) is 6.29. The van der Waals surface area contributed by atoms with Crippen molar-refractivity contribution in [2.24, 2.45) is 5.73 Å². The highest BCUT2D eigenvalue weighted by molar-refractivity contribution is 5.73. The van der Waals surface area contributed by atoms with Crippen LogP contribution in [0.3, 0.4) is 0 Å². The molecule has 0 amide bonds. The van der Waals surface area contributed by atoms with Crippen LogP contribution in [0, 0.1) is 6.92 Å². The number of nitrogens with zero attached hydrogens (tertiary/aromatic N) is 6. The lowest BCUT2D eigenvalue weighted by molar-refractivity contribution is 0.164. The number of imidazole rings is 2. The fourth-order valence-electron chi connectivity index (χ4n) is 4.02. The van der Waals surface area contributed by atoms with Gasteiger partial charge < -0.3 is 14.9 Å². The summed E-state index contributed by atoms with van der Waals surface area (Å²) in [7, 11) is 0. The molecule has 1 radical (unpaired) electrons. The molecule has 0 aliphatic heterocycles. The Kier molecular flexibility index (Phi) is 4.61. The van der Waals surface area contributed by atoms with E-state index in [-0.39, 0.29) is 6.04 Å². The largest absolute Gasteiger partial charge is 0.324 e. The van der Waals surface area contributed by atoms with Gasteiger partial charge in [0.1, 0.15) is 5.66 Å². The van der Waals surface area contributed by atoms with Crippen molar-refractivity contribution in [1.82, 2.24) is 29.1 Å². The summed E-state index contributed by atoms with van der Waals surface area (Å²) in [5.74, 6) is 0. The Balaban J connectivity index is 2.05. The lowest BCUT2D eigenvalue weighted by Gasteiger charge is -2.42. The molecule has 0 bridgehead atoms. The van der Waals surface area contributed by atoms with E-state index in [0.717, 1.165) is 36.7 Å². The van der Waals surface area contributed by atoms with Crippen LogP contribution >= 0.6 is 0 Å². The smallest absolute Gasteiger partial charge is 0.177 e. The van der Waals surface area contributed by atoms with Gasteiger partial charge in [0, 0.05) is 18.4 Å². The van der Waals surface area contributed by atoms with E-state index < -0.39 is 5.66 Å². The molecule has 7 heteroatoms. The van der Waals surface area contributed by atoms with Gasteiger partial charge in [0.25, 0.3) is 0 Å². The van der Waals surface area contributed by atoms with Crippen LogP contribution in [0.4, 0.5) is 0 Å². The Morgan fingerprint density at radius 1 is 1.00 bits per heavy atom. The van der Waals surface area contributed by atoms with E-state index in [9.17, 15) is 0 Å². The lowest BCUT2D eigenvalue weighted by Crippen LogP contribution is -2.54. The summed E-state index contributed by atoms with van der Waals surface area (Å²) in [6, 6.07) is 7.76. The minimum absolute atomic E-state index is 0.153. The van der Waals surface area contributed by atoms with Crippen molar-refractivity contribution in [2.75, 3.05) is 0 Å². The van der Waals surface area contributed by atoms with Crippen LogP contribution in [0.15, 0.2) is 49.3 Å². The molecule has 0 fully saturated rings. The highest BCUT2D eigenvalue weighted by Crippen LogP contribution is 2.35. The highest BCUT2D eigenvalue weighted by atomic mass is 15.3. The van der Waals surface area contributed by atoms with Gasteiger partial charge in [-0.3, -0.25) is 0 Å². The average Bonchev–Trinajstić information content (AvgIpc) is 3.31. The number of hydrogen-bond donors (Lipinski definition) is 1. The van der Waals surface area contributed by atoms with E-state index in [1.807, 2.05) is 36.9 Å². The van der Waals surface area contributed by atoms with Crippen molar-refractivity contribution < 1.29 is 0 Å². The van der Waals surface area contributed by atoms with E-state index in [1.165, 1.54) is 0 Å². The van der Waals surface area contributed by atoms with Crippen LogP contribution in [0.5, 0.6) is 0 Å². The zero-order chi connectivity index (χ0) is 18.9. The number of fused-ring (bicyclic) bond motifs is 2. The molecule has 0 saturated heterocycles. The first-order chi connectivity index (χ1) is 13.2. The van der Waals surface area contributed by atoms with E-state index in [4.69, 9.17) is 5.73 Å². The molecule has 1 unspecified atom stereocenters. The van der Waals surface area contributed by atoms with Gasteiger partial charge in [0.2, 0.25) is 0 Å². The average molecular weight is 362 g/mol. The van der Waals surface area contributed by atoms with Gasteiger partial charge in [-0.2, -0.15) is 0 Å². The Morgan fingerprint density at radius 2 is 1.56 bits per heavy atom. The topological polar surface area (TPSA) is 87.4 Å². The normalized spacial score (nSPS) is 13.4. The molecule has 0 aliphatic rings. The molecule has 1 atom stereocenters. The highest BCUT2D eigenvalue weighted by Gasteiger charge is 2.41. The molecule has 4 rings (SSSR count). The van der Waals surface area contributed by atoms with Gasteiger partial charge in [0.15, 0.2) is 11.3 Å². The number of pyridine rings is 2. The fourth-order valence-corrected chi connectivity index (χ4v) is 4.02. The first kappa shape index (κ1) is 17.6. The van der Waals surface area contributed by atoms with Crippen LogP contribution in [-0.4, -0.2) is 35.1 Å². The molecular formula is C20H24N7. The summed E-state index contributed by atoms with van der Waals surface area (Å²) < 4.78 is 4.30. The van der Waals surface area contributed by atoms with Crippen LogP contribution < -0.4 is 5.73 Å². The minimum Gasteiger partial charge on any atom is -0.324 e. The molecule has 0 aromatic carbocycles. The van der Waals surface area contributed by atoms with Crippen LogP contribution in [0.2, 0.25) is 0 Å². The van der Waals surface area contributed by atoms with E-state index >= 15 is 0 Å². The zero-order valence-corrected chi connectivity index (χ0v) is 15.5. The maximum Gasteiger partial charge on any atom is 0.177 e. The molecule has 4 aromatic rings. The molecule has 0 aliphatic carbocycles. The maximum atomic E-state index is 6.85. The SMILES string of the molecule is [CH2]CCC(C(N)CCC)(n1cnc2ncccc21)n1cnc2ncccc21. The van der Waals surface area contributed by atoms with Gasteiger partial charge >= 0.3 is 0 Å². The predicted molar refractivity (Wildman–Crippen MR) is 106 cm³/mol. The number of aromatic nitrogens is 6. The monoisotopic (exact) mass is 362 g/mol. The van der Waals surface area contributed by atoms with Crippen molar-refractivity contribution >= 4 is 22.3 Å². The van der Waals surface area contributed by atoms with Crippen LogP contribution in [0.1, 0.15) is 32.6 Å². The number of rotatable bonds is 7. The lowest BCUT2D eigenvalue weighted by atomic mass is 9.90. The summed E-state index contributed by atoms with van der Waals surface area (Å²) in [5, 5.41) is 0. The van der Waals surface area contributed by atoms with Crippen molar-refractivity contribution in [3.05, 3.63) is 56.2 Å². The fraction of sp³-hybridized carbons (Fsp3) is 0.350. The number of nitrogens with two attached hydrogens (primary N) is 1. The minimum atomic E-state index is -0.590. The third kappa shape index (κ3) is 2.70. The van der Waals surface area contributed by atoms with Crippen LogP contribution in [-0.2, 0) is 5.66 Å². The van der Waals surface area contributed by atoms with E-state index in [0.29, 0.717) is 11.3 Å². The Labute approximate surface area is 158 Å². The summed E-state index contributed by atoms with van der Waals surface area (Å²) >= 11 is 0. The van der Waals surface area contributed by atoms with Gasteiger partial charge in [-0.1, -0.05) is 20.3 Å². The molecule has 7 nitrogen and oxygen atoms in total. The molecule has 4 heterocycles. The van der Waals surface area contributed by atoms with Crippen LogP contribution in [0.25, 0.3) is 22.3 Å². The summed E-state index contributed by atoms with van der Waals surface area (Å²) in [4.78, 5) is 17.8. The number of hydrogen-bond acceptors (Lipinski definition) is 5. The van der Waals surface area contributed by atoms with Crippen molar-refractivity contribution in [3.8, 4) is 0 Å². The van der Waals surface area contributed by atoms with E-state index in [2.05, 4.69) is 42.9 Å². The van der Waals surface area contributed by atoms with E-state index in [1.54, 1.807) is 12.4 Å². The van der Waals surface area contributed by atoms with Crippen molar-refractivity contribution in [1.29, 1.82) is 0 Å². The second-order valence-corrected chi connectivity index (χ2v) is 6.80. The Bertz CT molecular complexity index is 975. The molecule has 2 N–H and O–H groups in total. The van der Waals surface area contributed by atoms with Gasteiger partial charge in [-0.05, 0) is 43.5 Å². The zero-order valence-electron chi connectivity index (χ0n) is 15.5. The molecule has 0 spiro atoms. The second-order valence-electron chi connectivity index (χ2n) is 6.80. The van der Waals surface area contributed by atoms with Crippen molar-refractivity contribution in [2.45, 2.75) is 44.3 Å². The van der Waals surface area contributed by atoms with Gasteiger partial charge in [-0.15, -0.1) is 0 Å². The maximum absolute atomic E-state index is 6.85. The third-order valence-corrected chi connectivity index (χ3v) is 5.21. The Hall–Kier alpha value is -2.80. The molecular weight excluding hydrogens is 338 g/mol. The first-order valence-electron chi connectivity index (χ1n) is 9.34. The van der Waals surface area contributed by atoms with Crippen molar-refractivity contribution in [3.63, 3.8) is 0 Å². The molecule has 139 valence electrons. The molecule has 0 saturated carbocycles. The molecule has 4 aromatic heterocycles. The molecule has 27 heavy (non-hydrogen) atoms. The summed E-state index contributed by atoms with van der Waals surface area (Å²) in [5.41, 5.74) is 9.56.